The van der Waals surface area contributed by atoms with E-state index in [4.69, 9.17) is 10.5 Å². The van der Waals surface area contributed by atoms with E-state index in [1.807, 2.05) is 0 Å². The molecular weight excluding hydrogens is 346 g/mol. The van der Waals surface area contributed by atoms with Crippen molar-refractivity contribution in [3.05, 3.63) is 0 Å². The van der Waals surface area contributed by atoms with E-state index in [0.29, 0.717) is 19.6 Å². The zero-order valence-corrected chi connectivity index (χ0v) is 15.5. The number of amides is 3. The van der Waals surface area contributed by atoms with Crippen LogP contribution >= 0.6 is 12.4 Å². The van der Waals surface area contributed by atoms with Crippen molar-refractivity contribution in [3.63, 3.8) is 0 Å². The predicted molar refractivity (Wildman–Crippen MR) is 91.8 cm³/mol. The number of carbonyl (C=O) groups excluding carboxylic acids is 3. The maximum absolute atomic E-state index is 12.8. The molecule has 4 fully saturated rings. The minimum Gasteiger partial charge on any atom is -0.373 e. The van der Waals surface area contributed by atoms with Gasteiger partial charge in [-0.3, -0.25) is 19.3 Å². The molecule has 4 heterocycles. The van der Waals surface area contributed by atoms with E-state index in [2.05, 4.69) is 6.92 Å². The highest BCUT2D eigenvalue weighted by atomic mass is 35.5. The summed E-state index contributed by atoms with van der Waals surface area (Å²) in [5.74, 6) is -1.35. The molecule has 0 aromatic heterocycles. The molecule has 0 spiro atoms. The van der Waals surface area contributed by atoms with Crippen LogP contribution in [0.25, 0.3) is 0 Å². The third-order valence-electron chi connectivity index (χ3n) is 6.43. The Kier molecular flexibility index (Phi) is 4.62. The van der Waals surface area contributed by atoms with Gasteiger partial charge in [-0.15, -0.1) is 12.4 Å². The molecule has 0 radical (unpaired) electrons. The van der Waals surface area contributed by atoms with Gasteiger partial charge < -0.3 is 15.4 Å². The normalized spacial score (nSPS) is 40.4. The summed E-state index contributed by atoms with van der Waals surface area (Å²) < 4.78 is 5.73. The topological polar surface area (TPSA) is 92.9 Å². The molecule has 4 rings (SSSR count). The number of nitrogens with two attached hydrogens (primary N) is 1. The maximum Gasteiger partial charge on any atom is 0.245 e. The highest BCUT2D eigenvalue weighted by Gasteiger charge is 2.63. The number of nitrogens with zero attached hydrogens (tertiary/aromatic N) is 2. The molecular formula is C17H26ClN3O4. The lowest BCUT2D eigenvalue weighted by molar-refractivity contribution is -0.152. The number of likely N-dealkylation sites (tertiary alicyclic amines) is 2. The van der Waals surface area contributed by atoms with Gasteiger partial charge in [-0.25, -0.2) is 0 Å². The third kappa shape index (κ3) is 2.59. The second-order valence-electron chi connectivity index (χ2n) is 8.09. The van der Waals surface area contributed by atoms with Crippen molar-refractivity contribution in [2.75, 3.05) is 19.6 Å². The Balaban J connectivity index is 0.00000182. The fourth-order valence-corrected chi connectivity index (χ4v) is 4.87. The Bertz CT molecular complexity index is 587. The van der Waals surface area contributed by atoms with Gasteiger partial charge in [0, 0.05) is 13.1 Å². The van der Waals surface area contributed by atoms with Crippen molar-refractivity contribution in [1.29, 1.82) is 0 Å². The minimum absolute atomic E-state index is 0. The van der Waals surface area contributed by atoms with Crippen LogP contribution in [0.15, 0.2) is 0 Å². The molecule has 0 saturated carbocycles. The molecule has 25 heavy (non-hydrogen) atoms. The largest absolute Gasteiger partial charge is 0.373 e. The van der Waals surface area contributed by atoms with Crippen molar-refractivity contribution >= 4 is 30.1 Å². The summed E-state index contributed by atoms with van der Waals surface area (Å²) in [5, 5.41) is 0. The van der Waals surface area contributed by atoms with Gasteiger partial charge in [0.15, 0.2) is 0 Å². The first kappa shape index (κ1) is 18.6. The molecule has 7 nitrogen and oxygen atoms in total. The van der Waals surface area contributed by atoms with Crippen LogP contribution in [-0.2, 0) is 19.1 Å². The lowest BCUT2D eigenvalue weighted by Crippen LogP contribution is -2.50. The Morgan fingerprint density at radius 2 is 1.84 bits per heavy atom. The van der Waals surface area contributed by atoms with Crippen LogP contribution < -0.4 is 5.73 Å². The van der Waals surface area contributed by atoms with Crippen molar-refractivity contribution in [2.45, 2.75) is 51.4 Å². The lowest BCUT2D eigenvalue weighted by Gasteiger charge is -2.29. The van der Waals surface area contributed by atoms with Gasteiger partial charge in [0.1, 0.15) is 6.04 Å². The van der Waals surface area contributed by atoms with E-state index < -0.39 is 6.04 Å². The number of hydrogen-bond donors (Lipinski definition) is 1. The molecule has 3 amide bonds. The number of ether oxygens (including phenoxy) is 1. The zero-order chi connectivity index (χ0) is 17.2. The monoisotopic (exact) mass is 371 g/mol. The van der Waals surface area contributed by atoms with Crippen LogP contribution in [-0.4, -0.2) is 65.4 Å². The van der Waals surface area contributed by atoms with Gasteiger partial charge in [-0.2, -0.15) is 0 Å². The number of carbonyl (C=O) groups is 3. The van der Waals surface area contributed by atoms with Crippen LogP contribution in [0.4, 0.5) is 0 Å². The summed E-state index contributed by atoms with van der Waals surface area (Å²) in [6.45, 7) is 5.48. The smallest absolute Gasteiger partial charge is 0.245 e. The highest BCUT2D eigenvalue weighted by Crippen LogP contribution is 2.49. The first-order valence-electron chi connectivity index (χ1n) is 8.87. The fraction of sp³-hybridized carbons (Fsp3) is 0.824. The molecule has 6 unspecified atom stereocenters. The molecule has 0 aromatic rings. The number of halogens is 1. The summed E-state index contributed by atoms with van der Waals surface area (Å²) in [5.41, 5.74) is 5.73. The van der Waals surface area contributed by atoms with Gasteiger partial charge in [-0.1, -0.05) is 6.92 Å². The third-order valence-corrected chi connectivity index (χ3v) is 6.43. The molecule has 2 N–H and O–H groups in total. The molecule has 140 valence electrons. The summed E-state index contributed by atoms with van der Waals surface area (Å²) in [6, 6.07) is -0.741. The van der Waals surface area contributed by atoms with Crippen LogP contribution in [0, 0.1) is 17.3 Å². The Hall–Kier alpha value is -1.18. The minimum atomic E-state index is -0.741. The first-order valence-corrected chi connectivity index (χ1v) is 8.87. The second-order valence-corrected chi connectivity index (χ2v) is 8.09. The second kappa shape index (κ2) is 6.21. The predicted octanol–water partition coefficient (Wildman–Crippen LogP) is 0.156. The molecule has 4 aliphatic heterocycles. The SMILES string of the molecule is CC(C(=O)N1CCC(C)(CN)C1)N1C(=O)C2C3CCC(O3)C2C1=O.Cl. The van der Waals surface area contributed by atoms with Crippen molar-refractivity contribution in [2.24, 2.45) is 23.0 Å². The van der Waals surface area contributed by atoms with E-state index in [1.54, 1.807) is 11.8 Å². The Morgan fingerprint density at radius 3 is 2.32 bits per heavy atom. The number of imide groups is 1. The summed E-state index contributed by atoms with van der Waals surface area (Å²) in [6.07, 6.45) is 2.24. The zero-order valence-electron chi connectivity index (χ0n) is 14.6. The Morgan fingerprint density at radius 1 is 1.28 bits per heavy atom. The van der Waals surface area contributed by atoms with E-state index in [-0.39, 0.29) is 59.6 Å². The van der Waals surface area contributed by atoms with Crippen LogP contribution in [0.1, 0.15) is 33.1 Å². The molecule has 4 saturated heterocycles. The fourth-order valence-electron chi connectivity index (χ4n) is 4.87. The molecule has 2 bridgehead atoms. The molecule has 8 heteroatoms. The quantitative estimate of drug-likeness (QED) is 0.713. The molecule has 0 aromatic carbocycles. The van der Waals surface area contributed by atoms with E-state index in [1.165, 1.54) is 4.90 Å². The van der Waals surface area contributed by atoms with E-state index >= 15 is 0 Å². The Labute approximate surface area is 153 Å². The molecule has 0 aliphatic carbocycles. The molecule has 4 aliphatic rings. The lowest BCUT2D eigenvalue weighted by atomic mass is 9.81. The standard InChI is InChI=1S/C17H25N3O4.ClH/c1-9(14(21)19-6-5-17(2,7-18)8-19)20-15(22)12-10-3-4-11(24-10)13(12)16(20)23;/h9-13H,3-8,18H2,1-2H3;1H. The van der Waals surface area contributed by atoms with Crippen molar-refractivity contribution in [3.8, 4) is 0 Å². The van der Waals surface area contributed by atoms with Crippen LogP contribution in [0.2, 0.25) is 0 Å². The van der Waals surface area contributed by atoms with E-state index in [9.17, 15) is 14.4 Å². The van der Waals surface area contributed by atoms with Gasteiger partial charge in [0.25, 0.3) is 0 Å². The van der Waals surface area contributed by atoms with Crippen LogP contribution in [0.5, 0.6) is 0 Å². The molecule has 6 atom stereocenters. The number of hydrogen-bond acceptors (Lipinski definition) is 5. The van der Waals surface area contributed by atoms with Gasteiger partial charge >= 0.3 is 0 Å². The highest BCUT2D eigenvalue weighted by molar-refractivity contribution is 6.09. The van der Waals surface area contributed by atoms with Crippen LogP contribution in [0.3, 0.4) is 0 Å². The van der Waals surface area contributed by atoms with E-state index in [0.717, 1.165) is 19.3 Å². The maximum atomic E-state index is 12.8. The van der Waals surface area contributed by atoms with Crippen molar-refractivity contribution in [1.82, 2.24) is 9.80 Å². The average Bonchev–Trinajstić information content (AvgIpc) is 3.31. The summed E-state index contributed by atoms with van der Waals surface area (Å²) >= 11 is 0. The van der Waals surface area contributed by atoms with Crippen molar-refractivity contribution < 1.29 is 19.1 Å². The summed E-state index contributed by atoms with van der Waals surface area (Å²) in [7, 11) is 0. The number of fused-ring (bicyclic) bond motifs is 5. The average molecular weight is 372 g/mol. The van der Waals surface area contributed by atoms with Gasteiger partial charge in [0.2, 0.25) is 17.7 Å². The first-order chi connectivity index (χ1) is 11.4. The summed E-state index contributed by atoms with van der Waals surface area (Å²) in [4.78, 5) is 41.3. The number of rotatable bonds is 3. The van der Waals surface area contributed by atoms with Gasteiger partial charge in [-0.05, 0) is 38.1 Å². The van der Waals surface area contributed by atoms with Gasteiger partial charge in [0.05, 0.1) is 24.0 Å².